The highest BCUT2D eigenvalue weighted by atomic mass is 32.2. The van der Waals surface area contributed by atoms with E-state index in [9.17, 15) is 13.2 Å². The Labute approximate surface area is 203 Å². The normalized spacial score (nSPS) is 12.8. The number of hydrogen-bond acceptors (Lipinski definition) is 10. The zero-order valence-corrected chi connectivity index (χ0v) is 20.6. The van der Waals surface area contributed by atoms with Crippen molar-refractivity contribution < 1.29 is 22.7 Å². The molecule has 35 heavy (non-hydrogen) atoms. The average molecular weight is 499 g/mol. The second-order valence-corrected chi connectivity index (χ2v) is 10.2. The van der Waals surface area contributed by atoms with Crippen molar-refractivity contribution in [2.24, 2.45) is 0 Å². The smallest absolute Gasteiger partial charge is 0.222 e. The largest absolute Gasteiger partial charge is 0.491 e. The van der Waals surface area contributed by atoms with Crippen molar-refractivity contribution in [3.8, 4) is 22.8 Å². The fourth-order valence-electron chi connectivity index (χ4n) is 3.41. The molecule has 0 saturated heterocycles. The summed E-state index contributed by atoms with van der Waals surface area (Å²) in [6.07, 6.45) is 4.14. The van der Waals surface area contributed by atoms with E-state index in [2.05, 4.69) is 30.9 Å². The highest BCUT2D eigenvalue weighted by Crippen LogP contribution is 2.36. The Morgan fingerprint density at radius 3 is 2.66 bits per heavy atom. The Morgan fingerprint density at radius 1 is 1.14 bits per heavy atom. The van der Waals surface area contributed by atoms with Gasteiger partial charge < -0.3 is 25.4 Å². The number of rotatable bonds is 7. The van der Waals surface area contributed by atoms with Crippen molar-refractivity contribution in [2.75, 3.05) is 35.4 Å². The first-order valence-electron chi connectivity index (χ1n) is 10.9. The number of aromatic nitrogens is 3. The van der Waals surface area contributed by atoms with Crippen LogP contribution in [0.2, 0.25) is 0 Å². The monoisotopic (exact) mass is 498 g/mol. The molecule has 12 heteroatoms. The van der Waals surface area contributed by atoms with Crippen LogP contribution in [0.1, 0.15) is 20.8 Å². The zero-order chi connectivity index (χ0) is 25.2. The Balaban J connectivity index is 1.80. The van der Waals surface area contributed by atoms with Crippen molar-refractivity contribution in [1.29, 1.82) is 0 Å². The molecular formula is C23H26N6O5S. The van der Waals surface area contributed by atoms with E-state index in [1.54, 1.807) is 30.6 Å². The lowest BCUT2D eigenvalue weighted by atomic mass is 10.1. The fraction of sp³-hybridized carbons (Fsp3) is 0.304. The number of sulfone groups is 1. The third-order valence-corrected chi connectivity index (χ3v) is 5.78. The SMILES string of the molecule is CC(=O)Nc1cc(Nc2cc(OC(C)C)cc(S(C)(=O)=O)n2)c(-c2cc3c(cn2)NCCO3)cn1. The minimum Gasteiger partial charge on any atom is -0.491 e. The summed E-state index contributed by atoms with van der Waals surface area (Å²) in [5.74, 6) is 1.26. The zero-order valence-electron chi connectivity index (χ0n) is 19.7. The number of ether oxygens (including phenoxy) is 2. The first-order valence-corrected chi connectivity index (χ1v) is 12.8. The third-order valence-electron chi connectivity index (χ3n) is 4.81. The topological polar surface area (TPSA) is 144 Å². The highest BCUT2D eigenvalue weighted by molar-refractivity contribution is 7.90. The van der Waals surface area contributed by atoms with E-state index in [1.807, 2.05) is 13.8 Å². The molecule has 0 aromatic carbocycles. The van der Waals surface area contributed by atoms with Crippen LogP contribution in [0.25, 0.3) is 11.3 Å². The molecule has 3 N–H and O–H groups in total. The van der Waals surface area contributed by atoms with Crippen LogP contribution in [0, 0.1) is 0 Å². The molecule has 0 radical (unpaired) electrons. The van der Waals surface area contributed by atoms with Gasteiger partial charge in [-0.2, -0.15) is 0 Å². The third kappa shape index (κ3) is 5.96. The number of carbonyl (C=O) groups excluding carboxylic acids is 1. The van der Waals surface area contributed by atoms with Gasteiger partial charge in [0.25, 0.3) is 0 Å². The molecule has 1 amide bonds. The quantitative estimate of drug-likeness (QED) is 0.444. The molecule has 0 saturated carbocycles. The molecule has 0 fully saturated rings. The second-order valence-electron chi connectivity index (χ2n) is 8.23. The van der Waals surface area contributed by atoms with Crippen molar-refractivity contribution in [1.82, 2.24) is 15.0 Å². The van der Waals surface area contributed by atoms with Gasteiger partial charge in [0.1, 0.15) is 29.7 Å². The number of amides is 1. The average Bonchev–Trinajstić information content (AvgIpc) is 2.77. The summed E-state index contributed by atoms with van der Waals surface area (Å²) in [6, 6.07) is 6.39. The molecule has 1 aliphatic rings. The fourth-order valence-corrected chi connectivity index (χ4v) is 4.00. The molecule has 184 valence electrons. The minimum absolute atomic E-state index is 0.137. The van der Waals surface area contributed by atoms with Gasteiger partial charge >= 0.3 is 0 Å². The number of hydrogen-bond donors (Lipinski definition) is 3. The second kappa shape index (κ2) is 9.74. The van der Waals surface area contributed by atoms with E-state index in [-0.39, 0.29) is 22.9 Å². The molecule has 3 aromatic heterocycles. The van der Waals surface area contributed by atoms with Crippen molar-refractivity contribution in [3.63, 3.8) is 0 Å². The van der Waals surface area contributed by atoms with Gasteiger partial charge in [-0.25, -0.2) is 18.4 Å². The molecule has 0 unspecified atom stereocenters. The molecular weight excluding hydrogens is 472 g/mol. The van der Waals surface area contributed by atoms with E-state index >= 15 is 0 Å². The van der Waals surface area contributed by atoms with E-state index in [0.29, 0.717) is 47.4 Å². The van der Waals surface area contributed by atoms with Gasteiger partial charge in [0.2, 0.25) is 5.91 Å². The van der Waals surface area contributed by atoms with Crippen LogP contribution in [0.5, 0.6) is 11.5 Å². The van der Waals surface area contributed by atoms with Crippen LogP contribution in [0.4, 0.5) is 23.0 Å². The lowest BCUT2D eigenvalue weighted by Crippen LogP contribution is -2.18. The Morgan fingerprint density at radius 2 is 1.94 bits per heavy atom. The van der Waals surface area contributed by atoms with Gasteiger partial charge in [0, 0.05) is 55.8 Å². The van der Waals surface area contributed by atoms with E-state index < -0.39 is 9.84 Å². The van der Waals surface area contributed by atoms with Gasteiger partial charge in [0.15, 0.2) is 14.9 Å². The van der Waals surface area contributed by atoms with Gasteiger partial charge in [0.05, 0.1) is 29.4 Å². The highest BCUT2D eigenvalue weighted by Gasteiger charge is 2.18. The number of anilines is 4. The first kappa shape index (κ1) is 24.2. The molecule has 0 atom stereocenters. The molecule has 3 aromatic rings. The molecule has 4 rings (SSSR count). The van der Waals surface area contributed by atoms with E-state index in [4.69, 9.17) is 9.47 Å². The Kier molecular flexibility index (Phi) is 6.74. The van der Waals surface area contributed by atoms with Crippen LogP contribution in [-0.2, 0) is 14.6 Å². The van der Waals surface area contributed by atoms with Gasteiger partial charge in [-0.3, -0.25) is 9.78 Å². The number of fused-ring (bicyclic) bond motifs is 1. The lowest BCUT2D eigenvalue weighted by molar-refractivity contribution is -0.114. The summed E-state index contributed by atoms with van der Waals surface area (Å²) in [5, 5.41) is 8.88. The maximum absolute atomic E-state index is 12.2. The standard InChI is InChI=1S/C23H26N6O5S/c1-13(2)34-15-7-22(29-23(8-15)35(4,31)32)28-18-10-21(27-14(3)30)26-11-16(18)17-9-20-19(12-25-17)24-5-6-33-20/h7-13,24H,5-6H2,1-4H3,(H2,26,27,28,29,30). The van der Waals surface area contributed by atoms with Crippen LogP contribution < -0.4 is 25.4 Å². The number of nitrogens with zero attached hydrogens (tertiary/aromatic N) is 3. The molecule has 1 aliphatic heterocycles. The van der Waals surface area contributed by atoms with Crippen LogP contribution in [0.15, 0.2) is 41.7 Å². The molecule has 11 nitrogen and oxygen atoms in total. The predicted octanol–water partition coefficient (Wildman–Crippen LogP) is 3.24. The van der Waals surface area contributed by atoms with Crippen LogP contribution in [-0.4, -0.2) is 54.8 Å². The van der Waals surface area contributed by atoms with Crippen molar-refractivity contribution >= 4 is 38.8 Å². The molecule has 0 bridgehead atoms. The summed E-state index contributed by atoms with van der Waals surface area (Å²) in [4.78, 5) is 24.7. The van der Waals surface area contributed by atoms with Crippen molar-refractivity contribution in [2.45, 2.75) is 31.9 Å². The summed E-state index contributed by atoms with van der Waals surface area (Å²) in [6.45, 7) is 6.28. The summed E-state index contributed by atoms with van der Waals surface area (Å²) >= 11 is 0. The van der Waals surface area contributed by atoms with Crippen LogP contribution >= 0.6 is 0 Å². The molecule has 0 aliphatic carbocycles. The lowest BCUT2D eigenvalue weighted by Gasteiger charge is -2.20. The predicted molar refractivity (Wildman–Crippen MR) is 132 cm³/mol. The molecule has 4 heterocycles. The Hall–Kier alpha value is -3.93. The first-order chi connectivity index (χ1) is 16.6. The van der Waals surface area contributed by atoms with Gasteiger partial charge in [-0.05, 0) is 13.8 Å². The summed E-state index contributed by atoms with van der Waals surface area (Å²) < 4.78 is 35.9. The maximum Gasteiger partial charge on any atom is 0.222 e. The Bertz CT molecular complexity index is 1380. The van der Waals surface area contributed by atoms with Crippen LogP contribution in [0.3, 0.4) is 0 Å². The summed E-state index contributed by atoms with van der Waals surface area (Å²) in [7, 11) is -3.61. The summed E-state index contributed by atoms with van der Waals surface area (Å²) in [5.41, 5.74) is 2.44. The number of nitrogens with one attached hydrogen (secondary N) is 3. The van der Waals surface area contributed by atoms with E-state index in [0.717, 1.165) is 11.9 Å². The minimum atomic E-state index is -3.61. The number of pyridine rings is 3. The molecule has 0 spiro atoms. The van der Waals surface area contributed by atoms with E-state index in [1.165, 1.54) is 13.0 Å². The number of carbonyl (C=O) groups is 1. The van der Waals surface area contributed by atoms with Gasteiger partial charge in [-0.15, -0.1) is 0 Å². The van der Waals surface area contributed by atoms with Gasteiger partial charge in [-0.1, -0.05) is 0 Å². The maximum atomic E-state index is 12.2. The van der Waals surface area contributed by atoms with Crippen molar-refractivity contribution in [3.05, 3.63) is 36.7 Å².